The first-order valence-corrected chi connectivity index (χ1v) is 5.60. The van der Waals surface area contributed by atoms with Crippen molar-refractivity contribution in [2.75, 3.05) is 11.9 Å². The van der Waals surface area contributed by atoms with E-state index in [2.05, 4.69) is 24.1 Å². The van der Waals surface area contributed by atoms with Gasteiger partial charge in [0.1, 0.15) is 6.29 Å². The molecule has 2 aromatic rings. The molecule has 0 amide bonds. The number of benzene rings is 2. The standard InChI is InChI=1S/C15H15NO/c1-16(15-5-3-2-4-6-15)11-13-7-9-14(12-17)10-8-13/h2-10,12H,11H2,1H3. The number of para-hydroxylation sites is 1. The highest BCUT2D eigenvalue weighted by Gasteiger charge is 2.01. The van der Waals surface area contributed by atoms with Crippen LogP contribution in [0.25, 0.3) is 0 Å². The summed E-state index contributed by atoms with van der Waals surface area (Å²) >= 11 is 0. The first-order chi connectivity index (χ1) is 8.29. The Morgan fingerprint density at radius 3 is 2.24 bits per heavy atom. The maximum Gasteiger partial charge on any atom is 0.150 e. The van der Waals surface area contributed by atoms with Gasteiger partial charge in [0.15, 0.2) is 0 Å². The van der Waals surface area contributed by atoms with Crippen molar-refractivity contribution in [2.45, 2.75) is 6.54 Å². The molecule has 2 rings (SSSR count). The van der Waals surface area contributed by atoms with Gasteiger partial charge in [-0.3, -0.25) is 4.79 Å². The molecule has 2 aromatic carbocycles. The van der Waals surface area contributed by atoms with E-state index in [1.165, 1.54) is 11.3 Å². The van der Waals surface area contributed by atoms with Crippen LogP contribution >= 0.6 is 0 Å². The van der Waals surface area contributed by atoms with E-state index in [9.17, 15) is 4.79 Å². The molecule has 0 spiro atoms. The summed E-state index contributed by atoms with van der Waals surface area (Å²) in [5, 5.41) is 0. The fourth-order valence-corrected chi connectivity index (χ4v) is 1.75. The number of carbonyl (C=O) groups excluding carboxylic acids is 1. The van der Waals surface area contributed by atoms with Crippen molar-refractivity contribution in [3.05, 3.63) is 65.7 Å². The van der Waals surface area contributed by atoms with E-state index >= 15 is 0 Å². The van der Waals surface area contributed by atoms with E-state index in [0.717, 1.165) is 18.4 Å². The van der Waals surface area contributed by atoms with Crippen LogP contribution in [-0.2, 0) is 6.54 Å². The average molecular weight is 225 g/mol. The monoisotopic (exact) mass is 225 g/mol. The quantitative estimate of drug-likeness (QED) is 0.745. The summed E-state index contributed by atoms with van der Waals surface area (Å²) in [7, 11) is 2.06. The minimum absolute atomic E-state index is 0.719. The Balaban J connectivity index is 2.07. The molecule has 0 aliphatic rings. The van der Waals surface area contributed by atoms with Crippen molar-refractivity contribution in [1.82, 2.24) is 0 Å². The number of anilines is 1. The summed E-state index contributed by atoms with van der Waals surface area (Å²) < 4.78 is 0. The summed E-state index contributed by atoms with van der Waals surface area (Å²) in [6.45, 7) is 0.836. The molecule has 0 saturated heterocycles. The largest absolute Gasteiger partial charge is 0.370 e. The van der Waals surface area contributed by atoms with Gasteiger partial charge in [-0.2, -0.15) is 0 Å². The van der Waals surface area contributed by atoms with Gasteiger partial charge in [-0.1, -0.05) is 42.5 Å². The van der Waals surface area contributed by atoms with E-state index in [4.69, 9.17) is 0 Å². The highest BCUT2D eigenvalue weighted by molar-refractivity contribution is 5.74. The average Bonchev–Trinajstić information content (AvgIpc) is 2.40. The highest BCUT2D eigenvalue weighted by atomic mass is 16.1. The Morgan fingerprint density at radius 2 is 1.65 bits per heavy atom. The SMILES string of the molecule is CN(Cc1ccc(C=O)cc1)c1ccccc1. The van der Waals surface area contributed by atoms with Crippen LogP contribution in [0.2, 0.25) is 0 Å². The predicted molar refractivity (Wildman–Crippen MR) is 70.4 cm³/mol. The number of nitrogens with zero attached hydrogens (tertiary/aromatic N) is 1. The summed E-state index contributed by atoms with van der Waals surface area (Å²) in [4.78, 5) is 12.7. The lowest BCUT2D eigenvalue weighted by atomic mass is 10.1. The second kappa shape index (κ2) is 5.30. The zero-order valence-corrected chi connectivity index (χ0v) is 9.84. The number of rotatable bonds is 4. The van der Waals surface area contributed by atoms with Gasteiger partial charge in [-0.25, -0.2) is 0 Å². The minimum atomic E-state index is 0.719. The molecule has 2 nitrogen and oxygen atoms in total. The molecule has 0 atom stereocenters. The van der Waals surface area contributed by atoms with Gasteiger partial charge in [-0.15, -0.1) is 0 Å². The van der Waals surface area contributed by atoms with Gasteiger partial charge >= 0.3 is 0 Å². The molecular weight excluding hydrogens is 210 g/mol. The van der Waals surface area contributed by atoms with E-state index in [0.29, 0.717) is 0 Å². The lowest BCUT2D eigenvalue weighted by Gasteiger charge is -2.19. The second-order valence-corrected chi connectivity index (χ2v) is 4.05. The van der Waals surface area contributed by atoms with Gasteiger partial charge in [0.2, 0.25) is 0 Å². The maximum atomic E-state index is 10.6. The third-order valence-corrected chi connectivity index (χ3v) is 2.73. The third-order valence-electron chi connectivity index (χ3n) is 2.73. The van der Waals surface area contributed by atoms with Crippen molar-refractivity contribution in [1.29, 1.82) is 0 Å². The van der Waals surface area contributed by atoms with Crippen LogP contribution in [0.3, 0.4) is 0 Å². The summed E-state index contributed by atoms with van der Waals surface area (Å²) in [6, 6.07) is 17.9. The molecule has 2 heteroatoms. The molecule has 0 aliphatic heterocycles. The molecular formula is C15H15NO. The number of hydrogen-bond acceptors (Lipinski definition) is 2. The number of hydrogen-bond donors (Lipinski definition) is 0. The summed E-state index contributed by atoms with van der Waals surface area (Å²) in [5.41, 5.74) is 3.10. The Labute approximate surface area is 102 Å². The second-order valence-electron chi connectivity index (χ2n) is 4.05. The number of aldehydes is 1. The Kier molecular flexibility index (Phi) is 3.55. The lowest BCUT2D eigenvalue weighted by Crippen LogP contribution is -2.15. The molecule has 0 bridgehead atoms. The highest BCUT2D eigenvalue weighted by Crippen LogP contribution is 2.14. The minimum Gasteiger partial charge on any atom is -0.370 e. The molecule has 0 unspecified atom stereocenters. The van der Waals surface area contributed by atoms with Gasteiger partial charge in [0.05, 0.1) is 0 Å². The van der Waals surface area contributed by atoms with Crippen LogP contribution in [0, 0.1) is 0 Å². The van der Waals surface area contributed by atoms with Gasteiger partial charge in [0, 0.05) is 24.8 Å². The van der Waals surface area contributed by atoms with Crippen molar-refractivity contribution in [3.8, 4) is 0 Å². The molecule has 0 N–H and O–H groups in total. The van der Waals surface area contributed by atoms with Gasteiger partial charge in [0.25, 0.3) is 0 Å². The molecule has 0 heterocycles. The van der Waals surface area contributed by atoms with Crippen LogP contribution in [-0.4, -0.2) is 13.3 Å². The third kappa shape index (κ3) is 2.94. The molecule has 0 radical (unpaired) electrons. The van der Waals surface area contributed by atoms with Crippen LogP contribution in [0.4, 0.5) is 5.69 Å². The van der Waals surface area contributed by atoms with E-state index in [1.54, 1.807) is 0 Å². The van der Waals surface area contributed by atoms with E-state index in [-0.39, 0.29) is 0 Å². The van der Waals surface area contributed by atoms with Crippen molar-refractivity contribution < 1.29 is 4.79 Å². The van der Waals surface area contributed by atoms with Crippen molar-refractivity contribution in [3.63, 3.8) is 0 Å². The molecule has 0 aromatic heterocycles. The molecule has 86 valence electrons. The summed E-state index contributed by atoms with van der Waals surface area (Å²) in [6.07, 6.45) is 0.866. The number of carbonyl (C=O) groups is 1. The fraction of sp³-hybridized carbons (Fsp3) is 0.133. The van der Waals surface area contributed by atoms with Crippen LogP contribution in [0.5, 0.6) is 0 Å². The van der Waals surface area contributed by atoms with Crippen LogP contribution in [0.15, 0.2) is 54.6 Å². The maximum absolute atomic E-state index is 10.6. The van der Waals surface area contributed by atoms with Gasteiger partial charge < -0.3 is 4.90 Å². The van der Waals surface area contributed by atoms with Crippen molar-refractivity contribution in [2.24, 2.45) is 0 Å². The first kappa shape index (κ1) is 11.4. The predicted octanol–water partition coefficient (Wildman–Crippen LogP) is 3.14. The zero-order valence-electron chi connectivity index (χ0n) is 9.84. The topological polar surface area (TPSA) is 20.3 Å². The molecule has 17 heavy (non-hydrogen) atoms. The van der Waals surface area contributed by atoms with Crippen LogP contribution in [0.1, 0.15) is 15.9 Å². The fourth-order valence-electron chi connectivity index (χ4n) is 1.75. The Hall–Kier alpha value is -2.09. The molecule has 0 aliphatic carbocycles. The zero-order chi connectivity index (χ0) is 12.1. The van der Waals surface area contributed by atoms with Gasteiger partial charge in [-0.05, 0) is 17.7 Å². The Bertz CT molecular complexity index is 476. The lowest BCUT2D eigenvalue weighted by molar-refractivity contribution is 0.112. The van der Waals surface area contributed by atoms with Crippen molar-refractivity contribution >= 4 is 12.0 Å². The summed E-state index contributed by atoms with van der Waals surface area (Å²) in [5.74, 6) is 0. The van der Waals surface area contributed by atoms with E-state index < -0.39 is 0 Å². The molecule has 0 fully saturated rings. The van der Waals surface area contributed by atoms with E-state index in [1.807, 2.05) is 42.5 Å². The smallest absolute Gasteiger partial charge is 0.150 e. The normalized spacial score (nSPS) is 9.94. The first-order valence-electron chi connectivity index (χ1n) is 5.60. The molecule has 0 saturated carbocycles. The van der Waals surface area contributed by atoms with Crippen LogP contribution < -0.4 is 4.90 Å². The Morgan fingerprint density at radius 1 is 1.00 bits per heavy atom.